The SMILES string of the molecule is C[C@@H](C(=O)N(C)[C@@H]1CCS(=O)(=O)C1)N1CCN(C(c2ccc(F)cc2)c2ccc(F)cc2)CC1. The number of benzene rings is 2. The van der Waals surface area contributed by atoms with Crippen LogP contribution in [0.25, 0.3) is 0 Å². The Balaban J connectivity index is 1.44. The minimum absolute atomic E-state index is 0.0345. The quantitative estimate of drug-likeness (QED) is 0.622. The Morgan fingerprint density at radius 2 is 1.38 bits per heavy atom. The molecule has 0 saturated carbocycles. The van der Waals surface area contributed by atoms with Gasteiger partial charge in [0.15, 0.2) is 9.84 Å². The van der Waals surface area contributed by atoms with Crippen molar-refractivity contribution in [2.24, 2.45) is 0 Å². The summed E-state index contributed by atoms with van der Waals surface area (Å²) in [6, 6.07) is 12.0. The van der Waals surface area contributed by atoms with E-state index in [1.54, 1.807) is 36.2 Å². The fourth-order valence-electron chi connectivity index (χ4n) is 5.00. The molecule has 0 aliphatic carbocycles. The first-order chi connectivity index (χ1) is 16.1. The molecule has 2 aliphatic heterocycles. The smallest absolute Gasteiger partial charge is 0.239 e. The summed E-state index contributed by atoms with van der Waals surface area (Å²) in [6.45, 7) is 4.54. The molecular weight excluding hydrogens is 460 g/mol. The highest BCUT2D eigenvalue weighted by molar-refractivity contribution is 7.91. The van der Waals surface area contributed by atoms with Gasteiger partial charge in [-0.05, 0) is 48.7 Å². The van der Waals surface area contributed by atoms with E-state index in [2.05, 4.69) is 9.80 Å². The molecule has 34 heavy (non-hydrogen) atoms. The monoisotopic (exact) mass is 491 g/mol. The average Bonchev–Trinajstić information content (AvgIpc) is 3.20. The fourth-order valence-corrected chi connectivity index (χ4v) is 6.77. The molecule has 2 atom stereocenters. The number of rotatable bonds is 6. The number of likely N-dealkylation sites (N-methyl/N-ethyl adjacent to an activating group) is 1. The summed E-state index contributed by atoms with van der Waals surface area (Å²) < 4.78 is 50.7. The van der Waals surface area contributed by atoms with Gasteiger partial charge in [0.1, 0.15) is 11.6 Å². The van der Waals surface area contributed by atoms with Crippen LogP contribution in [0.2, 0.25) is 0 Å². The summed E-state index contributed by atoms with van der Waals surface area (Å²) in [6.07, 6.45) is 0.488. The third-order valence-electron chi connectivity index (χ3n) is 7.09. The summed E-state index contributed by atoms with van der Waals surface area (Å²) in [7, 11) is -1.37. The lowest BCUT2D eigenvalue weighted by molar-refractivity contribution is -0.137. The van der Waals surface area contributed by atoms with E-state index in [4.69, 9.17) is 0 Å². The van der Waals surface area contributed by atoms with Gasteiger partial charge in [-0.2, -0.15) is 0 Å². The van der Waals surface area contributed by atoms with Gasteiger partial charge in [-0.25, -0.2) is 17.2 Å². The van der Waals surface area contributed by atoms with Gasteiger partial charge in [0.2, 0.25) is 5.91 Å². The van der Waals surface area contributed by atoms with Gasteiger partial charge in [0, 0.05) is 39.3 Å². The largest absolute Gasteiger partial charge is 0.340 e. The van der Waals surface area contributed by atoms with Crippen LogP contribution in [0.15, 0.2) is 48.5 Å². The zero-order valence-electron chi connectivity index (χ0n) is 19.5. The predicted octanol–water partition coefficient (Wildman–Crippen LogP) is 2.71. The Labute approximate surface area is 200 Å². The molecule has 2 aromatic rings. The normalized spacial score (nSPS) is 22.1. The van der Waals surface area contributed by atoms with Gasteiger partial charge in [-0.3, -0.25) is 14.6 Å². The number of nitrogens with zero attached hydrogens (tertiary/aromatic N) is 3. The Kier molecular flexibility index (Phi) is 7.35. The van der Waals surface area contributed by atoms with Gasteiger partial charge >= 0.3 is 0 Å². The van der Waals surface area contributed by atoms with Crippen molar-refractivity contribution in [2.75, 3.05) is 44.7 Å². The number of hydrogen-bond donors (Lipinski definition) is 0. The Hall–Kier alpha value is -2.36. The van der Waals surface area contributed by atoms with Crippen molar-refractivity contribution in [3.8, 4) is 0 Å². The standard InChI is InChI=1S/C25H31F2N3O3S/c1-18(25(31)28(2)23-11-16-34(32,33)17-23)29-12-14-30(15-13-29)24(19-3-7-21(26)8-4-19)20-5-9-22(27)10-6-20/h3-10,18,23-24H,11-17H2,1-2H3/t18-,23+/m0/s1. The van der Waals surface area contributed by atoms with E-state index in [1.165, 1.54) is 24.3 Å². The van der Waals surface area contributed by atoms with Gasteiger partial charge in [-0.1, -0.05) is 24.3 Å². The maximum Gasteiger partial charge on any atom is 0.239 e. The van der Waals surface area contributed by atoms with Crippen LogP contribution in [0.1, 0.15) is 30.5 Å². The molecule has 2 aromatic carbocycles. The Morgan fingerprint density at radius 1 is 0.912 bits per heavy atom. The van der Waals surface area contributed by atoms with Crippen LogP contribution in [0.5, 0.6) is 0 Å². The van der Waals surface area contributed by atoms with E-state index in [9.17, 15) is 22.0 Å². The molecule has 0 aromatic heterocycles. The average molecular weight is 492 g/mol. The predicted molar refractivity (Wildman–Crippen MR) is 127 cm³/mol. The second-order valence-electron chi connectivity index (χ2n) is 9.26. The van der Waals surface area contributed by atoms with Crippen molar-refractivity contribution in [2.45, 2.75) is 31.5 Å². The lowest BCUT2D eigenvalue weighted by Gasteiger charge is -2.42. The van der Waals surface area contributed by atoms with Crippen molar-refractivity contribution in [3.63, 3.8) is 0 Å². The van der Waals surface area contributed by atoms with Crippen molar-refractivity contribution in [1.82, 2.24) is 14.7 Å². The summed E-state index contributed by atoms with van der Waals surface area (Å²) in [5, 5.41) is 0. The fraction of sp³-hybridized carbons (Fsp3) is 0.480. The van der Waals surface area contributed by atoms with Gasteiger partial charge < -0.3 is 4.90 Å². The minimum atomic E-state index is -3.06. The minimum Gasteiger partial charge on any atom is -0.340 e. The maximum atomic E-state index is 13.5. The van der Waals surface area contributed by atoms with Crippen molar-refractivity contribution in [1.29, 1.82) is 0 Å². The first-order valence-corrected chi connectivity index (χ1v) is 13.4. The molecule has 1 amide bonds. The topological polar surface area (TPSA) is 60.9 Å². The number of piperazine rings is 1. The van der Waals surface area contributed by atoms with Crippen molar-refractivity contribution >= 4 is 15.7 Å². The van der Waals surface area contributed by atoms with Crippen molar-refractivity contribution in [3.05, 3.63) is 71.3 Å². The van der Waals surface area contributed by atoms with Crippen LogP contribution >= 0.6 is 0 Å². The number of carbonyl (C=O) groups excluding carboxylic acids is 1. The number of hydrogen-bond acceptors (Lipinski definition) is 5. The number of amides is 1. The van der Waals surface area contributed by atoms with Crippen LogP contribution in [-0.2, 0) is 14.6 Å². The molecule has 4 rings (SSSR count). The highest BCUT2D eigenvalue weighted by atomic mass is 32.2. The molecule has 2 saturated heterocycles. The highest BCUT2D eigenvalue weighted by Gasteiger charge is 2.36. The first kappa shape index (κ1) is 24.8. The van der Waals surface area contributed by atoms with E-state index in [0.29, 0.717) is 32.6 Å². The molecule has 0 bridgehead atoms. The Bertz CT molecular complexity index is 1060. The van der Waals surface area contributed by atoms with Gasteiger partial charge in [-0.15, -0.1) is 0 Å². The third-order valence-corrected chi connectivity index (χ3v) is 8.84. The molecule has 0 radical (unpaired) electrons. The first-order valence-electron chi connectivity index (χ1n) is 11.6. The number of sulfone groups is 1. The maximum absolute atomic E-state index is 13.5. The van der Waals surface area contributed by atoms with E-state index < -0.39 is 9.84 Å². The van der Waals surface area contributed by atoms with E-state index in [1.807, 2.05) is 6.92 Å². The third kappa shape index (κ3) is 5.47. The molecule has 0 spiro atoms. The lowest BCUT2D eigenvalue weighted by Crippen LogP contribution is -2.55. The zero-order valence-corrected chi connectivity index (χ0v) is 20.3. The van der Waals surface area contributed by atoms with Crippen LogP contribution in [0.4, 0.5) is 8.78 Å². The second-order valence-corrected chi connectivity index (χ2v) is 11.5. The lowest BCUT2D eigenvalue weighted by atomic mass is 9.96. The van der Waals surface area contributed by atoms with Gasteiger partial charge in [0.05, 0.1) is 23.6 Å². The van der Waals surface area contributed by atoms with E-state index in [0.717, 1.165) is 11.1 Å². The molecule has 9 heteroatoms. The van der Waals surface area contributed by atoms with Crippen molar-refractivity contribution < 1.29 is 22.0 Å². The molecule has 2 heterocycles. The summed E-state index contributed by atoms with van der Waals surface area (Å²) in [4.78, 5) is 19.0. The van der Waals surface area contributed by atoms with E-state index in [-0.39, 0.29) is 47.2 Å². The van der Waals surface area contributed by atoms with Crippen LogP contribution in [0.3, 0.4) is 0 Å². The van der Waals surface area contributed by atoms with Crippen LogP contribution in [-0.4, -0.2) is 85.8 Å². The zero-order chi connectivity index (χ0) is 24.5. The summed E-state index contributed by atoms with van der Waals surface area (Å²) >= 11 is 0. The van der Waals surface area contributed by atoms with Crippen LogP contribution in [0, 0.1) is 11.6 Å². The van der Waals surface area contributed by atoms with Crippen LogP contribution < -0.4 is 0 Å². The van der Waals surface area contributed by atoms with Gasteiger partial charge in [0.25, 0.3) is 0 Å². The molecule has 0 unspecified atom stereocenters. The summed E-state index contributed by atoms with van der Waals surface area (Å²) in [5.74, 6) is -0.511. The molecule has 2 aliphatic rings. The second kappa shape index (κ2) is 10.1. The molecular formula is C25H31F2N3O3S. The molecule has 0 N–H and O–H groups in total. The molecule has 184 valence electrons. The number of carbonyl (C=O) groups is 1. The summed E-state index contributed by atoms with van der Waals surface area (Å²) in [5.41, 5.74) is 1.85. The Morgan fingerprint density at radius 3 is 1.82 bits per heavy atom. The molecule has 6 nitrogen and oxygen atoms in total. The molecule has 2 fully saturated rings. The highest BCUT2D eigenvalue weighted by Crippen LogP contribution is 2.30. The number of halogens is 2. The van der Waals surface area contributed by atoms with E-state index >= 15 is 0 Å².